The van der Waals surface area contributed by atoms with Gasteiger partial charge in [-0.3, -0.25) is 24.2 Å². The normalized spacial score (nSPS) is 18.9. The molecule has 29 heavy (non-hydrogen) atoms. The minimum atomic E-state index is -0.609. The van der Waals surface area contributed by atoms with Crippen LogP contribution in [0.1, 0.15) is 55.2 Å². The summed E-state index contributed by atoms with van der Waals surface area (Å²) in [5, 5.41) is 5.80. The summed E-state index contributed by atoms with van der Waals surface area (Å²) >= 11 is 0. The van der Waals surface area contributed by atoms with Crippen LogP contribution in [-0.2, 0) is 9.59 Å². The highest BCUT2D eigenvalue weighted by Crippen LogP contribution is 2.41. The fourth-order valence-electron chi connectivity index (χ4n) is 4.28. The quantitative estimate of drug-likeness (QED) is 0.679. The summed E-state index contributed by atoms with van der Waals surface area (Å²) in [5.74, 6) is 0.145. The van der Waals surface area contributed by atoms with Gasteiger partial charge in [0.1, 0.15) is 5.82 Å². The number of hydrogen-bond donors (Lipinski definition) is 3. The smallest absolute Gasteiger partial charge is 0.270 e. The van der Waals surface area contributed by atoms with Crippen LogP contribution in [0, 0.1) is 0 Å². The van der Waals surface area contributed by atoms with Crippen molar-refractivity contribution in [3.05, 3.63) is 39.7 Å². The first kappa shape index (κ1) is 19.1. The number of methoxy groups -OCH3 is 1. The van der Waals surface area contributed by atoms with E-state index in [0.29, 0.717) is 22.9 Å². The Hall–Kier alpha value is -3.23. The summed E-state index contributed by atoms with van der Waals surface area (Å²) in [6.07, 6.45) is 4.31. The van der Waals surface area contributed by atoms with E-state index in [-0.39, 0.29) is 30.5 Å². The van der Waals surface area contributed by atoms with Crippen LogP contribution in [0.2, 0.25) is 0 Å². The molecule has 1 atom stereocenters. The number of fused-ring (bicyclic) bond motifs is 1. The predicted octanol–water partition coefficient (Wildman–Crippen LogP) is 1.64. The van der Waals surface area contributed by atoms with Crippen molar-refractivity contribution in [1.29, 1.82) is 0 Å². The van der Waals surface area contributed by atoms with Crippen molar-refractivity contribution < 1.29 is 19.1 Å². The molecule has 2 heterocycles. The molecule has 1 unspecified atom stereocenters. The fourth-order valence-corrected chi connectivity index (χ4v) is 4.28. The number of nitrogens with zero attached hydrogens (tertiary/aromatic N) is 1. The van der Waals surface area contributed by atoms with Crippen LogP contribution in [0.25, 0.3) is 0 Å². The molecule has 0 bridgehead atoms. The lowest BCUT2D eigenvalue weighted by Crippen LogP contribution is -2.27. The molecule has 2 aromatic rings. The van der Waals surface area contributed by atoms with Gasteiger partial charge in [0.05, 0.1) is 18.7 Å². The summed E-state index contributed by atoms with van der Waals surface area (Å²) < 4.78 is 12.6. The largest absolute Gasteiger partial charge is 0.493 e. The molecule has 4 rings (SSSR count). The molecule has 1 aliphatic heterocycles. The molecule has 1 aliphatic carbocycles. The summed E-state index contributed by atoms with van der Waals surface area (Å²) in [7, 11) is 1.49. The first-order valence-corrected chi connectivity index (χ1v) is 9.71. The molecule has 4 N–H and O–H groups in total. The zero-order valence-corrected chi connectivity index (χ0v) is 16.2. The second-order valence-electron chi connectivity index (χ2n) is 7.48. The minimum Gasteiger partial charge on any atom is -0.493 e. The van der Waals surface area contributed by atoms with Gasteiger partial charge in [-0.1, -0.05) is 18.9 Å². The van der Waals surface area contributed by atoms with Crippen LogP contribution < -0.4 is 26.1 Å². The Bertz CT molecular complexity index is 1000. The highest BCUT2D eigenvalue weighted by Gasteiger charge is 2.35. The number of amides is 2. The number of carbonyl (C=O) groups is 2. The van der Waals surface area contributed by atoms with Crippen molar-refractivity contribution in [1.82, 2.24) is 9.78 Å². The van der Waals surface area contributed by atoms with Crippen molar-refractivity contribution in [3.8, 4) is 11.5 Å². The lowest BCUT2D eigenvalue weighted by atomic mass is 9.87. The zero-order chi connectivity index (χ0) is 20.5. The molecule has 2 aliphatic rings. The number of benzene rings is 1. The molecule has 154 valence electrons. The van der Waals surface area contributed by atoms with E-state index in [0.717, 1.165) is 31.2 Å². The predicted molar refractivity (Wildman–Crippen MR) is 105 cm³/mol. The van der Waals surface area contributed by atoms with E-state index in [1.165, 1.54) is 7.11 Å². The number of nitrogens with one attached hydrogen (secondary N) is 2. The number of primary amides is 1. The third-order valence-electron chi connectivity index (χ3n) is 5.61. The number of aromatic nitrogens is 2. The van der Waals surface area contributed by atoms with Gasteiger partial charge in [-0.2, -0.15) is 0 Å². The first-order chi connectivity index (χ1) is 14.0. The van der Waals surface area contributed by atoms with Gasteiger partial charge in [0.25, 0.3) is 11.5 Å². The standard InChI is InChI=1S/C20H24N4O5/c1-28-14-7-6-11(8-15(14)29-10-16(21)25)13-9-17(26)22-19-18(13)20(27)23-24(19)12-4-2-3-5-12/h6-8,12-13H,2-5,9-10H2,1H3,(H2,21,25)(H,22,26)(H,23,27). The van der Waals surface area contributed by atoms with E-state index in [1.54, 1.807) is 18.2 Å². The van der Waals surface area contributed by atoms with Gasteiger partial charge in [-0.05, 0) is 30.5 Å². The molecule has 9 nitrogen and oxygen atoms in total. The number of ether oxygens (including phenoxy) is 2. The highest BCUT2D eigenvalue weighted by molar-refractivity contribution is 5.94. The number of hydrogen-bond acceptors (Lipinski definition) is 5. The molecule has 0 radical (unpaired) electrons. The van der Waals surface area contributed by atoms with Crippen LogP contribution in [0.5, 0.6) is 11.5 Å². The molecule has 0 spiro atoms. The Kier molecular flexibility index (Phi) is 5.04. The number of aromatic amines is 1. The van der Waals surface area contributed by atoms with Gasteiger partial charge in [-0.15, -0.1) is 0 Å². The summed E-state index contributed by atoms with van der Waals surface area (Å²) in [6.45, 7) is -0.297. The third-order valence-corrected chi connectivity index (χ3v) is 5.61. The van der Waals surface area contributed by atoms with E-state index in [9.17, 15) is 14.4 Å². The van der Waals surface area contributed by atoms with E-state index in [1.807, 2.05) is 4.68 Å². The second kappa shape index (κ2) is 7.65. The number of anilines is 1. The van der Waals surface area contributed by atoms with E-state index in [4.69, 9.17) is 15.2 Å². The summed E-state index contributed by atoms with van der Waals surface area (Å²) in [6, 6.07) is 5.38. The van der Waals surface area contributed by atoms with Crippen LogP contribution in [0.3, 0.4) is 0 Å². The van der Waals surface area contributed by atoms with Crippen LogP contribution in [0.4, 0.5) is 5.82 Å². The number of H-pyrrole nitrogens is 1. The number of carbonyl (C=O) groups excluding carboxylic acids is 2. The topological polar surface area (TPSA) is 128 Å². The van der Waals surface area contributed by atoms with Gasteiger partial charge in [0.15, 0.2) is 18.1 Å². The average molecular weight is 400 g/mol. The van der Waals surface area contributed by atoms with Crippen molar-refractivity contribution in [2.24, 2.45) is 5.73 Å². The molecule has 1 aromatic carbocycles. The lowest BCUT2D eigenvalue weighted by Gasteiger charge is -2.25. The second-order valence-corrected chi connectivity index (χ2v) is 7.48. The Morgan fingerprint density at radius 2 is 2.00 bits per heavy atom. The van der Waals surface area contributed by atoms with E-state index < -0.39 is 11.8 Å². The molecule has 1 fully saturated rings. The maximum atomic E-state index is 12.8. The van der Waals surface area contributed by atoms with Crippen molar-refractivity contribution in [2.75, 3.05) is 19.0 Å². The van der Waals surface area contributed by atoms with E-state index >= 15 is 0 Å². The first-order valence-electron chi connectivity index (χ1n) is 9.71. The monoisotopic (exact) mass is 400 g/mol. The molecular weight excluding hydrogens is 376 g/mol. The molecule has 0 saturated heterocycles. The van der Waals surface area contributed by atoms with Gasteiger partial charge in [0, 0.05) is 12.3 Å². The van der Waals surface area contributed by atoms with Crippen LogP contribution in [-0.4, -0.2) is 35.3 Å². The SMILES string of the molecule is COc1ccc(C2CC(=O)Nc3c2c(=O)[nH]n3C2CCCC2)cc1OCC(N)=O. The molecule has 2 amide bonds. The Labute approximate surface area is 167 Å². The molecule has 9 heteroatoms. The Morgan fingerprint density at radius 1 is 1.24 bits per heavy atom. The Morgan fingerprint density at radius 3 is 2.69 bits per heavy atom. The van der Waals surface area contributed by atoms with Crippen LogP contribution >= 0.6 is 0 Å². The van der Waals surface area contributed by atoms with Gasteiger partial charge >= 0.3 is 0 Å². The van der Waals surface area contributed by atoms with Crippen LogP contribution in [0.15, 0.2) is 23.0 Å². The summed E-state index contributed by atoms with van der Waals surface area (Å²) in [4.78, 5) is 36.4. The molecule has 1 aromatic heterocycles. The maximum Gasteiger partial charge on any atom is 0.270 e. The lowest BCUT2D eigenvalue weighted by molar-refractivity contribution is -0.120. The minimum absolute atomic E-state index is 0.145. The maximum absolute atomic E-state index is 12.8. The van der Waals surface area contributed by atoms with Crippen molar-refractivity contribution in [3.63, 3.8) is 0 Å². The number of rotatable bonds is 6. The summed E-state index contributed by atoms with van der Waals surface area (Å²) in [5.41, 5.74) is 6.25. The fraction of sp³-hybridized carbons (Fsp3) is 0.450. The zero-order valence-electron chi connectivity index (χ0n) is 16.2. The average Bonchev–Trinajstić information content (AvgIpc) is 3.33. The van der Waals surface area contributed by atoms with E-state index in [2.05, 4.69) is 10.4 Å². The molecular formula is C20H24N4O5. The Balaban J connectivity index is 1.75. The van der Waals surface area contributed by atoms with Crippen molar-refractivity contribution in [2.45, 2.75) is 44.1 Å². The number of nitrogens with two attached hydrogens (primary N) is 1. The van der Waals surface area contributed by atoms with Gasteiger partial charge in [-0.25, -0.2) is 0 Å². The third kappa shape index (κ3) is 3.59. The van der Waals surface area contributed by atoms with Gasteiger partial charge < -0.3 is 20.5 Å². The van der Waals surface area contributed by atoms with Crippen molar-refractivity contribution >= 4 is 17.6 Å². The van der Waals surface area contributed by atoms with Gasteiger partial charge in [0.2, 0.25) is 5.91 Å². The highest BCUT2D eigenvalue weighted by atomic mass is 16.5. The molecule has 1 saturated carbocycles.